The number of nitrogens with one attached hydrogen (secondary N) is 1. The SMILES string of the molecule is Cc1nnc(NS(=O)(=O)c2ncn(C)c2Cl)s1. The van der Waals surface area contributed by atoms with E-state index in [1.54, 1.807) is 14.0 Å². The number of aromatic nitrogens is 4. The smallest absolute Gasteiger partial charge is 0.284 e. The Bertz CT molecular complexity index is 647. The Kier molecular flexibility index (Phi) is 3.06. The van der Waals surface area contributed by atoms with Crippen molar-refractivity contribution in [2.75, 3.05) is 4.72 Å². The van der Waals surface area contributed by atoms with Crippen molar-refractivity contribution in [3.8, 4) is 0 Å². The zero-order valence-electron chi connectivity index (χ0n) is 8.88. The Hall–Kier alpha value is -1.19. The van der Waals surface area contributed by atoms with Crippen LogP contribution in [0.5, 0.6) is 0 Å². The predicted octanol–water partition coefficient (Wildman–Crippen LogP) is 1.03. The lowest BCUT2D eigenvalue weighted by Crippen LogP contribution is -2.13. The summed E-state index contributed by atoms with van der Waals surface area (Å²) in [6.45, 7) is 1.73. The first-order valence-corrected chi connectivity index (χ1v) is 7.07. The number of hydrogen-bond donors (Lipinski definition) is 1. The van der Waals surface area contributed by atoms with Gasteiger partial charge in [0.15, 0.2) is 0 Å². The monoisotopic (exact) mass is 293 g/mol. The second kappa shape index (κ2) is 4.24. The van der Waals surface area contributed by atoms with Gasteiger partial charge in [-0.2, -0.15) is 8.42 Å². The van der Waals surface area contributed by atoms with E-state index < -0.39 is 10.0 Å². The summed E-state index contributed by atoms with van der Waals surface area (Å²) in [4.78, 5) is 3.73. The van der Waals surface area contributed by atoms with Crippen molar-refractivity contribution in [3.63, 3.8) is 0 Å². The van der Waals surface area contributed by atoms with Gasteiger partial charge >= 0.3 is 0 Å². The fraction of sp³-hybridized carbons (Fsp3) is 0.286. The first-order chi connectivity index (χ1) is 7.90. The molecule has 7 nitrogen and oxygen atoms in total. The van der Waals surface area contributed by atoms with E-state index in [-0.39, 0.29) is 15.3 Å². The molecule has 0 saturated carbocycles. The molecule has 0 saturated heterocycles. The summed E-state index contributed by atoms with van der Waals surface area (Å²) in [6.07, 6.45) is 1.32. The maximum atomic E-state index is 11.9. The second-order valence-electron chi connectivity index (χ2n) is 3.18. The molecule has 0 spiro atoms. The summed E-state index contributed by atoms with van der Waals surface area (Å²) in [5.41, 5.74) is 0. The highest BCUT2D eigenvalue weighted by atomic mass is 35.5. The summed E-state index contributed by atoms with van der Waals surface area (Å²) in [6, 6.07) is 0. The molecule has 0 aliphatic carbocycles. The molecule has 0 bridgehead atoms. The molecule has 0 aliphatic heterocycles. The van der Waals surface area contributed by atoms with Crippen LogP contribution < -0.4 is 4.72 Å². The van der Waals surface area contributed by atoms with Gasteiger partial charge in [-0.25, -0.2) is 4.98 Å². The number of anilines is 1. The summed E-state index contributed by atoms with van der Waals surface area (Å²) < 4.78 is 27.5. The molecule has 0 amide bonds. The van der Waals surface area contributed by atoms with E-state index in [9.17, 15) is 8.42 Å². The fourth-order valence-electron chi connectivity index (χ4n) is 1.08. The van der Waals surface area contributed by atoms with Gasteiger partial charge in [0.05, 0.1) is 6.33 Å². The molecule has 10 heteroatoms. The Labute approximate surface area is 107 Å². The van der Waals surface area contributed by atoms with Crippen LogP contribution in [0.3, 0.4) is 0 Å². The molecule has 0 fully saturated rings. The zero-order valence-corrected chi connectivity index (χ0v) is 11.3. The van der Waals surface area contributed by atoms with Crippen LogP contribution >= 0.6 is 22.9 Å². The Balaban J connectivity index is 2.34. The van der Waals surface area contributed by atoms with Gasteiger partial charge in [-0.3, -0.25) is 4.72 Å². The predicted molar refractivity (Wildman–Crippen MR) is 63.7 cm³/mol. The van der Waals surface area contributed by atoms with Gasteiger partial charge in [0.25, 0.3) is 10.0 Å². The van der Waals surface area contributed by atoms with E-state index in [0.717, 1.165) is 11.3 Å². The van der Waals surface area contributed by atoms with Gasteiger partial charge in [0.2, 0.25) is 10.2 Å². The van der Waals surface area contributed by atoms with E-state index in [0.29, 0.717) is 5.01 Å². The fourth-order valence-corrected chi connectivity index (χ4v) is 3.33. The minimum Gasteiger partial charge on any atom is -0.324 e. The lowest BCUT2D eigenvalue weighted by Gasteiger charge is -2.01. The Morgan fingerprint density at radius 2 is 2.18 bits per heavy atom. The van der Waals surface area contributed by atoms with Crippen molar-refractivity contribution in [1.29, 1.82) is 0 Å². The standard InChI is InChI=1S/C7H8ClN5O2S2/c1-4-10-11-7(16-4)12-17(14,15)6-5(8)13(2)3-9-6/h3H,1-2H3,(H,11,12). The summed E-state index contributed by atoms with van der Waals surface area (Å²) in [7, 11) is -2.22. The molecular weight excluding hydrogens is 286 g/mol. The highest BCUT2D eigenvalue weighted by Crippen LogP contribution is 2.23. The van der Waals surface area contributed by atoms with Gasteiger partial charge in [-0.1, -0.05) is 22.9 Å². The summed E-state index contributed by atoms with van der Waals surface area (Å²) in [5, 5.41) is 8.03. The van der Waals surface area contributed by atoms with Gasteiger partial charge in [-0.15, -0.1) is 10.2 Å². The largest absolute Gasteiger partial charge is 0.324 e. The number of sulfonamides is 1. The lowest BCUT2D eigenvalue weighted by atomic mass is 10.9. The Morgan fingerprint density at radius 1 is 1.47 bits per heavy atom. The molecule has 0 atom stereocenters. The van der Waals surface area contributed by atoms with Crippen molar-refractivity contribution < 1.29 is 8.42 Å². The third-order valence-corrected chi connectivity index (χ3v) is 4.55. The van der Waals surface area contributed by atoms with Crippen LogP contribution in [0.4, 0.5) is 5.13 Å². The molecule has 0 radical (unpaired) electrons. The highest BCUT2D eigenvalue weighted by Gasteiger charge is 2.23. The third-order valence-electron chi connectivity index (χ3n) is 1.84. The van der Waals surface area contributed by atoms with Crippen LogP contribution in [0.2, 0.25) is 5.15 Å². The molecule has 2 rings (SSSR count). The van der Waals surface area contributed by atoms with Crippen LogP contribution in [-0.2, 0) is 17.1 Å². The molecule has 2 aromatic rings. The maximum Gasteiger partial charge on any atom is 0.284 e. The van der Waals surface area contributed by atoms with E-state index >= 15 is 0 Å². The number of halogens is 1. The maximum absolute atomic E-state index is 11.9. The summed E-state index contributed by atoms with van der Waals surface area (Å²) >= 11 is 6.95. The normalized spacial score (nSPS) is 11.7. The first kappa shape index (κ1) is 12.3. The van der Waals surface area contributed by atoms with Gasteiger partial charge in [0.1, 0.15) is 10.2 Å². The number of nitrogens with zero attached hydrogens (tertiary/aromatic N) is 4. The molecule has 1 N–H and O–H groups in total. The van der Waals surface area contributed by atoms with E-state index in [1.165, 1.54) is 10.9 Å². The molecule has 0 aromatic carbocycles. The molecule has 17 heavy (non-hydrogen) atoms. The third kappa shape index (κ3) is 2.40. The van der Waals surface area contributed by atoms with Crippen LogP contribution in [0.25, 0.3) is 0 Å². The average Bonchev–Trinajstić information content (AvgIpc) is 2.75. The second-order valence-corrected chi connectivity index (χ2v) is 6.32. The van der Waals surface area contributed by atoms with Crippen molar-refractivity contribution in [3.05, 3.63) is 16.5 Å². The van der Waals surface area contributed by atoms with Crippen LogP contribution in [-0.4, -0.2) is 28.2 Å². The topological polar surface area (TPSA) is 89.8 Å². The molecule has 2 heterocycles. The van der Waals surface area contributed by atoms with Crippen LogP contribution in [0, 0.1) is 6.92 Å². The number of hydrogen-bond acceptors (Lipinski definition) is 6. The quantitative estimate of drug-likeness (QED) is 0.913. The lowest BCUT2D eigenvalue weighted by molar-refractivity contribution is 0.598. The molecule has 92 valence electrons. The average molecular weight is 294 g/mol. The number of aryl methyl sites for hydroxylation is 2. The van der Waals surface area contributed by atoms with Crippen molar-refractivity contribution >= 4 is 38.1 Å². The van der Waals surface area contributed by atoms with Crippen LogP contribution in [0.1, 0.15) is 5.01 Å². The zero-order chi connectivity index (χ0) is 12.6. The number of imidazole rings is 1. The van der Waals surface area contributed by atoms with E-state index in [1.807, 2.05) is 0 Å². The summed E-state index contributed by atoms with van der Waals surface area (Å²) in [5.74, 6) is 0. The minimum atomic E-state index is -3.82. The number of rotatable bonds is 3. The highest BCUT2D eigenvalue weighted by molar-refractivity contribution is 7.93. The van der Waals surface area contributed by atoms with Crippen molar-refractivity contribution in [2.45, 2.75) is 11.9 Å². The molecular formula is C7H8ClN5O2S2. The van der Waals surface area contributed by atoms with E-state index in [2.05, 4.69) is 19.9 Å². The van der Waals surface area contributed by atoms with Crippen molar-refractivity contribution in [1.82, 2.24) is 19.7 Å². The first-order valence-electron chi connectivity index (χ1n) is 4.40. The van der Waals surface area contributed by atoms with Gasteiger partial charge < -0.3 is 4.57 Å². The van der Waals surface area contributed by atoms with Crippen LogP contribution in [0.15, 0.2) is 11.4 Å². The van der Waals surface area contributed by atoms with Gasteiger partial charge in [-0.05, 0) is 6.92 Å². The minimum absolute atomic E-state index is 0.0405. The van der Waals surface area contributed by atoms with Gasteiger partial charge in [0, 0.05) is 7.05 Å². The Morgan fingerprint density at radius 3 is 2.65 bits per heavy atom. The molecule has 0 aliphatic rings. The van der Waals surface area contributed by atoms with E-state index in [4.69, 9.17) is 11.6 Å². The molecule has 0 unspecified atom stereocenters. The van der Waals surface area contributed by atoms with Crippen molar-refractivity contribution in [2.24, 2.45) is 7.05 Å². The molecule has 2 aromatic heterocycles.